The Hall–Kier alpha value is -0.900. The third kappa shape index (κ3) is 1.03. The van der Waals surface area contributed by atoms with Gasteiger partial charge in [-0.1, -0.05) is 0 Å². The minimum atomic E-state index is 0.761. The maximum atomic E-state index is 4.17. The molecule has 0 aliphatic carbocycles. The number of aromatic nitrogens is 3. The van der Waals surface area contributed by atoms with Gasteiger partial charge in [0.25, 0.3) is 0 Å². The summed E-state index contributed by atoms with van der Waals surface area (Å²) >= 11 is 3.28. The number of hydrogen-bond acceptors (Lipinski definition) is 2. The van der Waals surface area contributed by atoms with Crippen molar-refractivity contribution in [1.29, 1.82) is 0 Å². The molecule has 0 saturated heterocycles. The van der Waals surface area contributed by atoms with E-state index < -0.39 is 0 Å². The van der Waals surface area contributed by atoms with Crippen molar-refractivity contribution in [3.63, 3.8) is 0 Å². The SMILES string of the molecule is Cc1[nH]nc2nc(Br)ccc12. The lowest BCUT2D eigenvalue weighted by molar-refractivity contribution is 1.05. The number of H-pyrrole nitrogens is 1. The summed E-state index contributed by atoms with van der Waals surface area (Å²) in [6.07, 6.45) is 0. The number of rotatable bonds is 0. The third-order valence-electron chi connectivity index (χ3n) is 1.57. The van der Waals surface area contributed by atoms with E-state index in [-0.39, 0.29) is 0 Å². The van der Waals surface area contributed by atoms with Crippen LogP contribution < -0.4 is 0 Å². The molecule has 0 aliphatic rings. The number of aryl methyl sites for hydroxylation is 1. The Morgan fingerprint density at radius 1 is 1.45 bits per heavy atom. The molecule has 2 heterocycles. The quantitative estimate of drug-likeness (QED) is 0.678. The number of nitrogens with one attached hydrogen (secondary N) is 1. The van der Waals surface area contributed by atoms with E-state index in [4.69, 9.17) is 0 Å². The molecule has 1 N–H and O–H groups in total. The first-order chi connectivity index (χ1) is 5.27. The fraction of sp³-hybridized carbons (Fsp3) is 0.143. The van der Waals surface area contributed by atoms with E-state index in [1.165, 1.54) is 0 Å². The number of aromatic amines is 1. The standard InChI is InChI=1S/C7H6BrN3/c1-4-5-2-3-6(8)9-7(5)11-10-4/h2-3H,1H3,(H,9,10,11). The first kappa shape index (κ1) is 6.79. The minimum absolute atomic E-state index is 0.761. The zero-order chi connectivity index (χ0) is 7.84. The predicted molar refractivity (Wildman–Crippen MR) is 46.3 cm³/mol. The van der Waals surface area contributed by atoms with Crippen molar-refractivity contribution in [3.05, 3.63) is 22.4 Å². The number of fused-ring (bicyclic) bond motifs is 1. The Kier molecular flexibility index (Phi) is 1.42. The maximum Gasteiger partial charge on any atom is 0.182 e. The third-order valence-corrected chi connectivity index (χ3v) is 2.02. The lowest BCUT2D eigenvalue weighted by atomic mass is 10.3. The number of halogens is 1. The van der Waals surface area contributed by atoms with Crippen LogP contribution in [0.3, 0.4) is 0 Å². The van der Waals surface area contributed by atoms with Gasteiger partial charge < -0.3 is 0 Å². The van der Waals surface area contributed by atoms with Crippen LogP contribution in [0.25, 0.3) is 11.0 Å². The molecule has 4 heteroatoms. The van der Waals surface area contributed by atoms with Crippen molar-refractivity contribution in [2.45, 2.75) is 6.92 Å². The lowest BCUT2D eigenvalue weighted by Crippen LogP contribution is -1.76. The zero-order valence-corrected chi connectivity index (χ0v) is 7.51. The van der Waals surface area contributed by atoms with Crippen molar-refractivity contribution >= 4 is 27.0 Å². The summed E-state index contributed by atoms with van der Waals surface area (Å²) in [5.74, 6) is 0. The van der Waals surface area contributed by atoms with E-state index in [9.17, 15) is 0 Å². The molecule has 0 atom stereocenters. The van der Waals surface area contributed by atoms with Crippen LogP contribution in [0.5, 0.6) is 0 Å². The summed E-state index contributed by atoms with van der Waals surface area (Å²) in [6.45, 7) is 1.98. The fourth-order valence-corrected chi connectivity index (χ4v) is 1.30. The summed E-state index contributed by atoms with van der Waals surface area (Å²) in [4.78, 5) is 4.17. The molecular formula is C7H6BrN3. The average Bonchev–Trinajstić information content (AvgIpc) is 2.32. The van der Waals surface area contributed by atoms with Crippen LogP contribution in [-0.4, -0.2) is 15.2 Å². The molecule has 3 nitrogen and oxygen atoms in total. The highest BCUT2D eigenvalue weighted by Gasteiger charge is 2.00. The fourth-order valence-electron chi connectivity index (χ4n) is 1.00. The molecule has 2 aromatic rings. The van der Waals surface area contributed by atoms with Gasteiger partial charge in [-0.25, -0.2) is 4.98 Å². The van der Waals surface area contributed by atoms with E-state index in [0.717, 1.165) is 21.3 Å². The molecule has 0 radical (unpaired) electrons. The maximum absolute atomic E-state index is 4.17. The van der Waals surface area contributed by atoms with Gasteiger partial charge in [0.05, 0.1) is 0 Å². The highest BCUT2D eigenvalue weighted by molar-refractivity contribution is 9.10. The highest BCUT2D eigenvalue weighted by Crippen LogP contribution is 2.15. The van der Waals surface area contributed by atoms with Crippen LogP contribution >= 0.6 is 15.9 Å². The summed E-state index contributed by atoms with van der Waals surface area (Å²) in [5.41, 5.74) is 1.82. The first-order valence-electron chi connectivity index (χ1n) is 3.24. The van der Waals surface area contributed by atoms with Crippen molar-refractivity contribution < 1.29 is 0 Å². The first-order valence-corrected chi connectivity index (χ1v) is 4.04. The van der Waals surface area contributed by atoms with Gasteiger partial charge in [0.15, 0.2) is 5.65 Å². The molecule has 0 unspecified atom stereocenters. The number of nitrogens with zero attached hydrogens (tertiary/aromatic N) is 2. The molecule has 0 fully saturated rings. The molecule has 0 amide bonds. The molecular weight excluding hydrogens is 206 g/mol. The Morgan fingerprint density at radius 3 is 3.09 bits per heavy atom. The van der Waals surface area contributed by atoms with Crippen LogP contribution in [0.2, 0.25) is 0 Å². The van der Waals surface area contributed by atoms with Crippen LogP contribution in [0.15, 0.2) is 16.7 Å². The molecule has 56 valence electrons. The van der Waals surface area contributed by atoms with Crippen LogP contribution in [0, 0.1) is 6.92 Å². The second kappa shape index (κ2) is 2.30. The Balaban J connectivity index is 2.86. The van der Waals surface area contributed by atoms with Gasteiger partial charge >= 0.3 is 0 Å². The normalized spacial score (nSPS) is 10.7. The van der Waals surface area contributed by atoms with Crippen LogP contribution in [0.4, 0.5) is 0 Å². The molecule has 0 spiro atoms. The average molecular weight is 212 g/mol. The molecule has 2 rings (SSSR count). The van der Waals surface area contributed by atoms with Crippen molar-refractivity contribution in [2.24, 2.45) is 0 Å². The predicted octanol–water partition coefficient (Wildman–Crippen LogP) is 2.03. The summed E-state index contributed by atoms with van der Waals surface area (Å²) in [6, 6.07) is 3.90. The Morgan fingerprint density at radius 2 is 2.27 bits per heavy atom. The van der Waals surface area contributed by atoms with Crippen LogP contribution in [0.1, 0.15) is 5.69 Å². The van der Waals surface area contributed by atoms with Crippen molar-refractivity contribution in [3.8, 4) is 0 Å². The van der Waals surface area contributed by atoms with Gasteiger partial charge in [-0.05, 0) is 35.0 Å². The molecule has 11 heavy (non-hydrogen) atoms. The Labute approximate surface area is 72.0 Å². The lowest BCUT2D eigenvalue weighted by Gasteiger charge is -1.88. The monoisotopic (exact) mass is 211 g/mol. The Bertz CT molecular complexity index is 393. The second-order valence-electron chi connectivity index (χ2n) is 2.35. The molecule has 0 aromatic carbocycles. The number of pyridine rings is 1. The van der Waals surface area contributed by atoms with E-state index in [1.54, 1.807) is 0 Å². The summed E-state index contributed by atoms with van der Waals surface area (Å²) in [7, 11) is 0. The van der Waals surface area contributed by atoms with E-state index in [1.807, 2.05) is 19.1 Å². The van der Waals surface area contributed by atoms with Gasteiger partial charge in [0.2, 0.25) is 0 Å². The van der Waals surface area contributed by atoms with Gasteiger partial charge in [-0.3, -0.25) is 5.10 Å². The zero-order valence-electron chi connectivity index (χ0n) is 5.93. The smallest absolute Gasteiger partial charge is 0.182 e. The largest absolute Gasteiger partial charge is 0.280 e. The van der Waals surface area contributed by atoms with E-state index >= 15 is 0 Å². The topological polar surface area (TPSA) is 41.6 Å². The summed E-state index contributed by atoms with van der Waals surface area (Å²) in [5, 5.41) is 7.96. The van der Waals surface area contributed by atoms with Crippen molar-refractivity contribution in [1.82, 2.24) is 15.2 Å². The van der Waals surface area contributed by atoms with Gasteiger partial charge in [-0.15, -0.1) is 0 Å². The molecule has 2 aromatic heterocycles. The van der Waals surface area contributed by atoms with Crippen molar-refractivity contribution in [2.75, 3.05) is 0 Å². The van der Waals surface area contributed by atoms with Gasteiger partial charge in [0, 0.05) is 11.1 Å². The van der Waals surface area contributed by atoms with E-state index in [0.29, 0.717) is 0 Å². The number of hydrogen-bond donors (Lipinski definition) is 1. The molecule has 0 saturated carbocycles. The van der Waals surface area contributed by atoms with Gasteiger partial charge in [-0.2, -0.15) is 5.10 Å². The van der Waals surface area contributed by atoms with Gasteiger partial charge in [0.1, 0.15) is 4.60 Å². The molecule has 0 bridgehead atoms. The minimum Gasteiger partial charge on any atom is -0.280 e. The summed E-state index contributed by atoms with van der Waals surface area (Å²) < 4.78 is 0.816. The van der Waals surface area contributed by atoms with Crippen LogP contribution in [-0.2, 0) is 0 Å². The van der Waals surface area contributed by atoms with E-state index in [2.05, 4.69) is 31.1 Å². The molecule has 0 aliphatic heterocycles. The second-order valence-corrected chi connectivity index (χ2v) is 3.17. The highest BCUT2D eigenvalue weighted by atomic mass is 79.9.